The maximum absolute atomic E-state index is 13.1. The van der Waals surface area contributed by atoms with Gasteiger partial charge in [-0.15, -0.1) is 11.3 Å². The SMILES string of the molecule is O=C1CCC(C(=O)OCC(=O)N(Cc2ccccc2)c2nc(-c3ccc(Cl)cc3)cs2)=NN1. The molecular weight excluding hydrogens is 464 g/mol. The van der Waals surface area contributed by atoms with E-state index in [9.17, 15) is 14.4 Å². The molecule has 0 saturated heterocycles. The van der Waals surface area contributed by atoms with Crippen LogP contribution in [-0.2, 0) is 25.7 Å². The second kappa shape index (κ2) is 10.4. The first kappa shape index (κ1) is 22.6. The average molecular weight is 483 g/mol. The molecule has 4 rings (SSSR count). The highest BCUT2D eigenvalue weighted by atomic mass is 35.5. The van der Waals surface area contributed by atoms with Crippen molar-refractivity contribution in [3.63, 3.8) is 0 Å². The summed E-state index contributed by atoms with van der Waals surface area (Å²) in [6.45, 7) is -0.212. The molecular formula is C23H19ClN4O4S. The van der Waals surface area contributed by atoms with Crippen molar-refractivity contribution in [3.8, 4) is 11.3 Å². The summed E-state index contributed by atoms with van der Waals surface area (Å²) in [6, 6.07) is 16.7. The van der Waals surface area contributed by atoms with Crippen molar-refractivity contribution < 1.29 is 19.1 Å². The second-order valence-electron chi connectivity index (χ2n) is 7.16. The van der Waals surface area contributed by atoms with Crippen LogP contribution in [0.1, 0.15) is 18.4 Å². The number of nitrogens with one attached hydrogen (secondary N) is 1. The van der Waals surface area contributed by atoms with Crippen molar-refractivity contribution in [2.75, 3.05) is 11.5 Å². The Morgan fingerprint density at radius 3 is 2.55 bits per heavy atom. The molecule has 0 radical (unpaired) electrons. The number of amides is 2. The van der Waals surface area contributed by atoms with Crippen molar-refractivity contribution in [3.05, 3.63) is 70.6 Å². The van der Waals surface area contributed by atoms with Gasteiger partial charge in [-0.25, -0.2) is 15.2 Å². The summed E-state index contributed by atoms with van der Waals surface area (Å²) >= 11 is 7.29. The zero-order chi connectivity index (χ0) is 23.2. The minimum absolute atomic E-state index is 0.0799. The molecule has 1 aliphatic rings. The molecule has 0 fully saturated rings. The number of hydrazone groups is 1. The Hall–Kier alpha value is -3.56. The van der Waals surface area contributed by atoms with Gasteiger partial charge in [-0.05, 0) is 17.7 Å². The number of ether oxygens (including phenoxy) is 1. The van der Waals surface area contributed by atoms with Crippen molar-refractivity contribution in [1.82, 2.24) is 10.4 Å². The maximum Gasteiger partial charge on any atom is 0.355 e. The van der Waals surface area contributed by atoms with Gasteiger partial charge in [-0.2, -0.15) is 5.10 Å². The lowest BCUT2D eigenvalue weighted by molar-refractivity contribution is -0.141. The molecule has 0 spiro atoms. The summed E-state index contributed by atoms with van der Waals surface area (Å²) in [4.78, 5) is 42.6. The molecule has 8 nitrogen and oxygen atoms in total. The number of esters is 1. The fourth-order valence-electron chi connectivity index (χ4n) is 3.08. The summed E-state index contributed by atoms with van der Waals surface area (Å²) in [5.41, 5.74) is 4.81. The predicted octanol–water partition coefficient (Wildman–Crippen LogP) is 3.81. The second-order valence-corrected chi connectivity index (χ2v) is 8.43. The van der Waals surface area contributed by atoms with Gasteiger partial charge in [0, 0.05) is 28.8 Å². The molecule has 0 atom stereocenters. The monoisotopic (exact) mass is 482 g/mol. The van der Waals surface area contributed by atoms with Crippen LogP contribution in [0.15, 0.2) is 65.1 Å². The van der Waals surface area contributed by atoms with Crippen molar-refractivity contribution in [1.29, 1.82) is 0 Å². The van der Waals surface area contributed by atoms with Gasteiger partial charge in [-0.1, -0.05) is 54.1 Å². The van der Waals surface area contributed by atoms with Crippen LogP contribution in [-0.4, -0.2) is 35.1 Å². The fourth-order valence-corrected chi connectivity index (χ4v) is 4.06. The van der Waals surface area contributed by atoms with E-state index in [0.717, 1.165) is 11.1 Å². The van der Waals surface area contributed by atoms with Gasteiger partial charge in [-0.3, -0.25) is 14.5 Å². The molecule has 2 heterocycles. The normalized spacial score (nSPS) is 13.1. The number of halogens is 1. The van der Waals surface area contributed by atoms with Gasteiger partial charge in [0.05, 0.1) is 12.2 Å². The standard InChI is InChI=1S/C23H19ClN4O4S/c24-17-8-6-16(7-9-17)19-14-33-23(25-19)28(12-15-4-2-1-3-5-15)21(30)13-32-22(31)18-10-11-20(29)27-26-18/h1-9,14H,10-13H2,(H,27,29). The van der Waals surface area contributed by atoms with Crippen LogP contribution >= 0.6 is 22.9 Å². The topological polar surface area (TPSA) is 101 Å². The number of hydrogen-bond donors (Lipinski definition) is 1. The number of hydrogen-bond acceptors (Lipinski definition) is 7. The first-order chi connectivity index (χ1) is 16.0. The molecule has 3 aromatic rings. The quantitative estimate of drug-likeness (QED) is 0.516. The molecule has 0 aliphatic carbocycles. The summed E-state index contributed by atoms with van der Waals surface area (Å²) < 4.78 is 5.17. The minimum Gasteiger partial charge on any atom is -0.451 e. The van der Waals surface area contributed by atoms with Crippen LogP contribution in [0.3, 0.4) is 0 Å². The highest BCUT2D eigenvalue weighted by Crippen LogP contribution is 2.29. The van der Waals surface area contributed by atoms with Crippen LogP contribution in [0.25, 0.3) is 11.3 Å². The number of carbonyl (C=O) groups excluding carboxylic acids is 3. The summed E-state index contributed by atoms with van der Waals surface area (Å²) in [7, 11) is 0. The lowest BCUT2D eigenvalue weighted by Crippen LogP contribution is -2.36. The molecule has 2 aromatic carbocycles. The highest BCUT2D eigenvalue weighted by Gasteiger charge is 2.24. The molecule has 1 aliphatic heterocycles. The Morgan fingerprint density at radius 1 is 1.09 bits per heavy atom. The first-order valence-corrected chi connectivity index (χ1v) is 11.3. The molecule has 33 heavy (non-hydrogen) atoms. The number of anilines is 1. The Labute approximate surface area is 198 Å². The summed E-state index contributed by atoms with van der Waals surface area (Å²) in [5.74, 6) is -1.43. The smallest absolute Gasteiger partial charge is 0.355 e. The zero-order valence-corrected chi connectivity index (χ0v) is 18.9. The molecule has 1 aromatic heterocycles. The van der Waals surface area contributed by atoms with E-state index in [1.54, 1.807) is 12.1 Å². The Balaban J connectivity index is 1.51. The van der Waals surface area contributed by atoms with Gasteiger partial charge in [0.2, 0.25) is 5.91 Å². The van der Waals surface area contributed by atoms with Crippen molar-refractivity contribution >= 4 is 51.6 Å². The molecule has 10 heteroatoms. The number of nitrogens with zero attached hydrogens (tertiary/aromatic N) is 3. The zero-order valence-electron chi connectivity index (χ0n) is 17.4. The van der Waals surface area contributed by atoms with Crippen molar-refractivity contribution in [2.24, 2.45) is 5.10 Å². The Morgan fingerprint density at radius 2 is 1.85 bits per heavy atom. The molecule has 0 saturated carbocycles. The maximum atomic E-state index is 13.1. The van der Waals surface area contributed by atoms with E-state index >= 15 is 0 Å². The molecule has 168 valence electrons. The Bertz CT molecular complexity index is 1190. The van der Waals surface area contributed by atoms with Crippen LogP contribution < -0.4 is 10.3 Å². The van der Waals surface area contributed by atoms with E-state index in [2.05, 4.69) is 15.5 Å². The number of benzene rings is 2. The van der Waals surface area contributed by atoms with E-state index < -0.39 is 18.5 Å². The summed E-state index contributed by atoms with van der Waals surface area (Å²) in [5, 5.41) is 6.66. The number of carbonyl (C=O) groups is 3. The van der Waals surface area contributed by atoms with Gasteiger partial charge < -0.3 is 4.74 Å². The van der Waals surface area contributed by atoms with E-state index in [0.29, 0.717) is 15.8 Å². The third-order valence-electron chi connectivity index (χ3n) is 4.81. The molecule has 1 N–H and O–H groups in total. The third-order valence-corrected chi connectivity index (χ3v) is 5.93. The lowest BCUT2D eigenvalue weighted by Gasteiger charge is -2.20. The van der Waals surface area contributed by atoms with Gasteiger partial charge in [0.25, 0.3) is 5.91 Å². The van der Waals surface area contributed by atoms with E-state index in [-0.39, 0.29) is 31.0 Å². The molecule has 0 unspecified atom stereocenters. The van der Waals surface area contributed by atoms with E-state index in [1.807, 2.05) is 47.8 Å². The molecule has 2 amide bonds. The van der Waals surface area contributed by atoms with Gasteiger partial charge in [0.1, 0.15) is 5.71 Å². The molecule has 0 bridgehead atoms. The van der Waals surface area contributed by atoms with Crippen LogP contribution in [0.2, 0.25) is 5.02 Å². The lowest BCUT2D eigenvalue weighted by atomic mass is 10.2. The van der Waals surface area contributed by atoms with E-state index in [1.165, 1.54) is 16.2 Å². The van der Waals surface area contributed by atoms with Crippen LogP contribution in [0.5, 0.6) is 0 Å². The Kier molecular flexibility index (Phi) is 7.11. The first-order valence-electron chi connectivity index (χ1n) is 10.1. The summed E-state index contributed by atoms with van der Waals surface area (Å²) in [6.07, 6.45) is 0.318. The number of aromatic nitrogens is 1. The third kappa shape index (κ3) is 5.82. The van der Waals surface area contributed by atoms with Crippen molar-refractivity contribution in [2.45, 2.75) is 19.4 Å². The van der Waals surface area contributed by atoms with E-state index in [4.69, 9.17) is 16.3 Å². The number of rotatable bonds is 7. The minimum atomic E-state index is -0.732. The van der Waals surface area contributed by atoms with Crippen LogP contribution in [0, 0.1) is 0 Å². The predicted molar refractivity (Wildman–Crippen MR) is 126 cm³/mol. The van der Waals surface area contributed by atoms with Gasteiger partial charge in [0.15, 0.2) is 11.7 Å². The van der Waals surface area contributed by atoms with Gasteiger partial charge >= 0.3 is 5.97 Å². The number of thiazole rings is 1. The average Bonchev–Trinajstić information content (AvgIpc) is 3.32. The highest BCUT2D eigenvalue weighted by molar-refractivity contribution is 7.14. The largest absolute Gasteiger partial charge is 0.451 e. The fraction of sp³-hybridized carbons (Fsp3) is 0.174. The van der Waals surface area contributed by atoms with Crippen LogP contribution in [0.4, 0.5) is 5.13 Å².